The summed E-state index contributed by atoms with van der Waals surface area (Å²) < 4.78 is 7.64. The molecule has 2 unspecified atom stereocenters. The number of halogens is 1. The van der Waals surface area contributed by atoms with Gasteiger partial charge in [0, 0.05) is 23.5 Å². The Morgan fingerprint density at radius 1 is 1.12 bits per heavy atom. The molecule has 0 aliphatic carbocycles. The number of aromatic nitrogens is 2. The first-order valence-corrected chi connectivity index (χ1v) is 8.07. The van der Waals surface area contributed by atoms with Gasteiger partial charge in [-0.05, 0) is 25.1 Å². The molecule has 5 nitrogen and oxygen atoms in total. The maximum absolute atomic E-state index is 13.0. The van der Waals surface area contributed by atoms with Gasteiger partial charge in [0.25, 0.3) is 0 Å². The molecule has 4 rings (SSSR count). The highest BCUT2D eigenvalue weighted by atomic mass is 35.5. The molecule has 3 aromatic rings. The van der Waals surface area contributed by atoms with Crippen LogP contribution in [0.5, 0.6) is 5.75 Å². The summed E-state index contributed by atoms with van der Waals surface area (Å²) in [6, 6.07) is 13.5. The topological polar surface area (TPSA) is 61.2 Å². The van der Waals surface area contributed by atoms with Gasteiger partial charge >= 0.3 is 0 Å². The monoisotopic (exact) mass is 368 g/mol. The SMILES string of the molecule is CC1Oc2ccc(C(=O)c3ccccc3)cc2C(=O)C1n1ccnc1.Cl. The maximum Gasteiger partial charge on any atom is 0.193 e. The quantitative estimate of drug-likeness (QED) is 0.661. The zero-order valence-corrected chi connectivity index (χ0v) is 14.8. The van der Waals surface area contributed by atoms with Crippen LogP contribution in [0.2, 0.25) is 0 Å². The summed E-state index contributed by atoms with van der Waals surface area (Å²) in [7, 11) is 0. The second kappa shape index (κ2) is 7.14. The Morgan fingerprint density at radius 3 is 2.58 bits per heavy atom. The summed E-state index contributed by atoms with van der Waals surface area (Å²) in [4.78, 5) is 29.7. The third kappa shape index (κ3) is 3.02. The van der Waals surface area contributed by atoms with Gasteiger partial charge in [-0.25, -0.2) is 4.98 Å². The van der Waals surface area contributed by atoms with Crippen molar-refractivity contribution in [3.63, 3.8) is 0 Å². The number of benzene rings is 2. The van der Waals surface area contributed by atoms with Crippen LogP contribution in [-0.2, 0) is 0 Å². The minimum atomic E-state index is -0.489. The molecule has 0 saturated heterocycles. The molecule has 0 spiro atoms. The minimum Gasteiger partial charge on any atom is -0.487 e. The van der Waals surface area contributed by atoms with Crippen molar-refractivity contribution in [1.82, 2.24) is 9.55 Å². The fourth-order valence-electron chi connectivity index (χ4n) is 3.17. The lowest BCUT2D eigenvalue weighted by molar-refractivity contribution is 0.0718. The Labute approximate surface area is 157 Å². The van der Waals surface area contributed by atoms with Crippen molar-refractivity contribution in [2.75, 3.05) is 0 Å². The number of ketones is 2. The van der Waals surface area contributed by atoms with E-state index in [9.17, 15) is 9.59 Å². The maximum atomic E-state index is 13.0. The summed E-state index contributed by atoms with van der Waals surface area (Å²) in [5, 5.41) is 0. The molecule has 0 fully saturated rings. The van der Waals surface area contributed by atoms with E-state index < -0.39 is 6.04 Å². The van der Waals surface area contributed by atoms with E-state index in [-0.39, 0.29) is 30.1 Å². The molecule has 26 heavy (non-hydrogen) atoms. The average Bonchev–Trinajstić information content (AvgIpc) is 3.16. The zero-order chi connectivity index (χ0) is 17.4. The van der Waals surface area contributed by atoms with Gasteiger partial charge in [-0.15, -0.1) is 12.4 Å². The van der Waals surface area contributed by atoms with Crippen LogP contribution in [0.3, 0.4) is 0 Å². The second-order valence-electron chi connectivity index (χ2n) is 6.05. The van der Waals surface area contributed by atoms with Crippen molar-refractivity contribution in [1.29, 1.82) is 0 Å². The van der Waals surface area contributed by atoms with Crippen molar-refractivity contribution < 1.29 is 14.3 Å². The largest absolute Gasteiger partial charge is 0.487 e. The number of ether oxygens (including phenoxy) is 1. The fourth-order valence-corrected chi connectivity index (χ4v) is 3.17. The van der Waals surface area contributed by atoms with Gasteiger partial charge in [-0.2, -0.15) is 0 Å². The molecule has 2 atom stereocenters. The van der Waals surface area contributed by atoms with Crippen LogP contribution in [0.25, 0.3) is 0 Å². The van der Waals surface area contributed by atoms with Gasteiger partial charge in [-0.1, -0.05) is 30.3 Å². The van der Waals surface area contributed by atoms with Crippen LogP contribution < -0.4 is 4.74 Å². The molecule has 0 saturated carbocycles. The summed E-state index contributed by atoms with van der Waals surface area (Å²) >= 11 is 0. The Kier molecular flexibility index (Phi) is 4.91. The van der Waals surface area contributed by atoms with Crippen molar-refractivity contribution in [3.05, 3.63) is 83.9 Å². The van der Waals surface area contributed by atoms with Crippen LogP contribution in [-0.4, -0.2) is 27.2 Å². The molecule has 6 heteroatoms. The summed E-state index contributed by atoms with van der Waals surface area (Å²) in [5.41, 5.74) is 1.49. The number of carbonyl (C=O) groups is 2. The molecule has 0 amide bonds. The standard InChI is InChI=1S/C20H16N2O3.ClH/c1-13-18(22-10-9-21-12-22)20(24)16-11-15(7-8-17(16)25-13)19(23)14-5-3-2-4-6-14;/h2-13,18H,1H3;1H. The molecular weight excluding hydrogens is 352 g/mol. The normalized spacial score (nSPS) is 18.4. The van der Waals surface area contributed by atoms with E-state index >= 15 is 0 Å². The second-order valence-corrected chi connectivity index (χ2v) is 6.05. The Morgan fingerprint density at radius 2 is 1.88 bits per heavy atom. The number of carbonyl (C=O) groups excluding carboxylic acids is 2. The highest BCUT2D eigenvalue weighted by molar-refractivity contribution is 6.11. The summed E-state index contributed by atoms with van der Waals surface area (Å²) in [5.74, 6) is 0.321. The third-order valence-corrected chi connectivity index (χ3v) is 4.42. The average molecular weight is 369 g/mol. The molecule has 1 aromatic heterocycles. The van der Waals surface area contributed by atoms with E-state index in [1.807, 2.05) is 25.1 Å². The molecule has 1 aliphatic heterocycles. The first-order valence-electron chi connectivity index (χ1n) is 8.07. The highest BCUT2D eigenvalue weighted by Crippen LogP contribution is 2.34. The number of Topliss-reactive ketones (excluding diaryl/α,β-unsaturated/α-hetero) is 1. The van der Waals surface area contributed by atoms with Gasteiger partial charge in [0.2, 0.25) is 0 Å². The molecular formula is C20H17ClN2O3. The smallest absolute Gasteiger partial charge is 0.193 e. The highest BCUT2D eigenvalue weighted by Gasteiger charge is 2.36. The summed E-state index contributed by atoms with van der Waals surface area (Å²) in [6.07, 6.45) is 4.66. The van der Waals surface area contributed by atoms with Gasteiger partial charge in [-0.3, -0.25) is 9.59 Å². The number of imidazole rings is 1. The van der Waals surface area contributed by atoms with Gasteiger partial charge < -0.3 is 9.30 Å². The summed E-state index contributed by atoms with van der Waals surface area (Å²) in [6.45, 7) is 1.86. The molecule has 2 heterocycles. The number of hydrogen-bond donors (Lipinski definition) is 0. The Hall–Kier alpha value is -2.92. The van der Waals surface area contributed by atoms with Crippen LogP contribution in [0.4, 0.5) is 0 Å². The molecule has 0 bridgehead atoms. The number of rotatable bonds is 3. The lowest BCUT2D eigenvalue weighted by Gasteiger charge is -2.31. The first kappa shape index (κ1) is 17.9. The van der Waals surface area contributed by atoms with E-state index in [2.05, 4.69) is 4.98 Å². The molecule has 132 valence electrons. The number of fused-ring (bicyclic) bond motifs is 1. The van der Waals surface area contributed by atoms with Crippen molar-refractivity contribution in [2.24, 2.45) is 0 Å². The minimum absolute atomic E-state index is 0. The number of hydrogen-bond acceptors (Lipinski definition) is 4. The van der Waals surface area contributed by atoms with Gasteiger partial charge in [0.15, 0.2) is 11.6 Å². The Bertz CT molecular complexity index is 939. The van der Waals surface area contributed by atoms with Crippen LogP contribution in [0.15, 0.2) is 67.3 Å². The predicted molar refractivity (Wildman–Crippen MR) is 99.2 cm³/mol. The van der Waals surface area contributed by atoms with Gasteiger partial charge in [0.1, 0.15) is 17.9 Å². The molecule has 1 aliphatic rings. The van der Waals surface area contributed by atoms with Crippen molar-refractivity contribution in [2.45, 2.75) is 19.1 Å². The lowest BCUT2D eigenvalue weighted by Crippen LogP contribution is -2.37. The fraction of sp³-hybridized carbons (Fsp3) is 0.150. The van der Waals surface area contributed by atoms with Crippen molar-refractivity contribution in [3.8, 4) is 5.75 Å². The van der Waals surface area contributed by atoms with Crippen LogP contribution >= 0.6 is 12.4 Å². The third-order valence-electron chi connectivity index (χ3n) is 4.42. The van der Waals surface area contributed by atoms with E-state index in [1.54, 1.807) is 53.6 Å². The molecule has 0 radical (unpaired) electrons. The molecule has 0 N–H and O–H groups in total. The van der Waals surface area contributed by atoms with Crippen LogP contribution in [0, 0.1) is 0 Å². The van der Waals surface area contributed by atoms with E-state index in [0.29, 0.717) is 22.4 Å². The Balaban J connectivity index is 0.00000196. The zero-order valence-electron chi connectivity index (χ0n) is 14.0. The first-order chi connectivity index (χ1) is 12.1. The van der Waals surface area contributed by atoms with E-state index in [4.69, 9.17) is 4.74 Å². The predicted octanol–water partition coefficient (Wildman–Crippen LogP) is 3.74. The van der Waals surface area contributed by atoms with Crippen LogP contribution in [0.1, 0.15) is 39.2 Å². The van der Waals surface area contributed by atoms with E-state index in [1.165, 1.54) is 0 Å². The van der Waals surface area contributed by atoms with Gasteiger partial charge in [0.05, 0.1) is 11.9 Å². The molecule has 2 aromatic carbocycles. The van der Waals surface area contributed by atoms with Crippen molar-refractivity contribution >= 4 is 24.0 Å². The lowest BCUT2D eigenvalue weighted by atomic mass is 9.93. The van der Waals surface area contributed by atoms with E-state index in [0.717, 1.165) is 0 Å². The number of nitrogens with zero attached hydrogens (tertiary/aromatic N) is 2.